The van der Waals surface area contributed by atoms with Crippen molar-refractivity contribution in [3.63, 3.8) is 0 Å². The van der Waals surface area contributed by atoms with E-state index in [9.17, 15) is 13.6 Å². The minimum atomic E-state index is -2.81. The maximum absolute atomic E-state index is 13.6. The molecule has 0 radical (unpaired) electrons. The van der Waals surface area contributed by atoms with Crippen molar-refractivity contribution in [2.75, 3.05) is 37.6 Å². The fourth-order valence-corrected chi connectivity index (χ4v) is 4.79. The zero-order chi connectivity index (χ0) is 23.0. The molecule has 176 valence electrons. The number of nitrogens with one attached hydrogen (secondary N) is 1. The first kappa shape index (κ1) is 24.4. The Labute approximate surface area is 190 Å². The number of halogens is 2. The van der Waals surface area contributed by atoms with Gasteiger partial charge in [-0.1, -0.05) is 12.1 Å². The van der Waals surface area contributed by atoms with Crippen molar-refractivity contribution < 1.29 is 13.6 Å². The third-order valence-corrected chi connectivity index (χ3v) is 6.85. The van der Waals surface area contributed by atoms with Crippen LogP contribution in [0.3, 0.4) is 0 Å². The largest absolute Gasteiger partial charge is 0.369 e. The van der Waals surface area contributed by atoms with Gasteiger partial charge in [0.2, 0.25) is 5.91 Å². The van der Waals surface area contributed by atoms with E-state index in [1.165, 1.54) is 12.5 Å². The van der Waals surface area contributed by atoms with Crippen LogP contribution < -0.4 is 10.2 Å². The normalized spacial score (nSPS) is 22.4. The molecule has 0 unspecified atom stereocenters. The summed E-state index contributed by atoms with van der Waals surface area (Å²) in [5, 5.41) is 11.7. The van der Waals surface area contributed by atoms with Crippen molar-refractivity contribution >= 4 is 11.6 Å². The predicted molar refractivity (Wildman–Crippen MR) is 123 cm³/mol. The second-order valence-corrected chi connectivity index (χ2v) is 9.35. The van der Waals surface area contributed by atoms with E-state index >= 15 is 0 Å². The number of benzene rings is 1. The average molecular weight is 447 g/mol. The molecule has 7 heteroatoms. The summed E-state index contributed by atoms with van der Waals surface area (Å²) in [5.41, 5.74) is 0.961. The summed E-state index contributed by atoms with van der Waals surface area (Å²) < 4.78 is 27.3. The van der Waals surface area contributed by atoms with E-state index in [1.54, 1.807) is 12.1 Å². The minimum absolute atomic E-state index is 0.0754. The number of carbonyl (C=O) groups is 1. The summed E-state index contributed by atoms with van der Waals surface area (Å²) in [6.45, 7) is 5.67. The Kier molecular flexibility index (Phi) is 8.86. The maximum Gasteiger partial charge on any atom is 0.270 e. The monoisotopic (exact) mass is 446 g/mol. The zero-order valence-corrected chi connectivity index (χ0v) is 19.2. The molecule has 2 aliphatic rings. The van der Waals surface area contributed by atoms with Gasteiger partial charge in [0.05, 0.1) is 6.07 Å². The first-order valence-electron chi connectivity index (χ1n) is 12.0. The summed E-state index contributed by atoms with van der Waals surface area (Å²) in [6.07, 6.45) is 7.10. The van der Waals surface area contributed by atoms with Crippen molar-refractivity contribution in [2.45, 2.75) is 70.3 Å². The van der Waals surface area contributed by atoms with Crippen molar-refractivity contribution in [3.05, 3.63) is 29.8 Å². The number of nitrogens with zero attached hydrogens (tertiary/aromatic N) is 3. The number of alkyl halides is 2. The number of hydrogen-bond acceptors (Lipinski definition) is 4. The van der Waals surface area contributed by atoms with Crippen molar-refractivity contribution in [3.8, 4) is 6.07 Å². The molecular formula is C25H36F2N4O. The SMILES string of the molecule is CC(F)(F)c1cccc(N2CCN(CC[C@H]3CC[C@H](NC(=O)CCCC#N)CC3)CC2)c1. The molecule has 0 spiro atoms. The number of carbonyl (C=O) groups excluding carboxylic acids is 1. The standard InChI is InChI=1S/C25H36F2N4O/c1-25(26,27)21-5-4-6-23(19-21)31-17-15-30(16-18-31)14-12-20-8-10-22(11-9-20)29-24(32)7-2-3-13-28/h4-6,19-20,22H,2-3,7-12,14-18H2,1H3,(H,29,32)/t20-,22-. The lowest BCUT2D eigenvalue weighted by Gasteiger charge is -2.37. The van der Waals surface area contributed by atoms with Gasteiger partial charge in [0.1, 0.15) is 0 Å². The molecule has 1 aromatic rings. The van der Waals surface area contributed by atoms with Crippen molar-refractivity contribution in [1.29, 1.82) is 5.26 Å². The van der Waals surface area contributed by atoms with Gasteiger partial charge in [-0.25, -0.2) is 8.78 Å². The summed E-state index contributed by atoms with van der Waals surface area (Å²) >= 11 is 0. The highest BCUT2D eigenvalue weighted by atomic mass is 19.3. The van der Waals surface area contributed by atoms with E-state index in [4.69, 9.17) is 5.26 Å². The van der Waals surface area contributed by atoms with E-state index in [-0.39, 0.29) is 17.5 Å². The third kappa shape index (κ3) is 7.44. The molecule has 1 heterocycles. The Bertz CT molecular complexity index is 773. The Balaban J connectivity index is 1.33. The van der Waals surface area contributed by atoms with Gasteiger partial charge in [-0.2, -0.15) is 5.26 Å². The van der Waals surface area contributed by atoms with E-state index in [0.29, 0.717) is 25.2 Å². The highest BCUT2D eigenvalue weighted by Gasteiger charge is 2.26. The van der Waals surface area contributed by atoms with Gasteiger partial charge in [0.15, 0.2) is 0 Å². The lowest BCUT2D eigenvalue weighted by atomic mass is 9.84. The number of rotatable bonds is 9. The molecule has 5 nitrogen and oxygen atoms in total. The van der Waals surface area contributed by atoms with Crippen molar-refractivity contribution in [1.82, 2.24) is 10.2 Å². The van der Waals surface area contributed by atoms with Gasteiger partial charge in [-0.3, -0.25) is 9.69 Å². The Hall–Kier alpha value is -2.20. The molecule has 32 heavy (non-hydrogen) atoms. The summed E-state index contributed by atoms with van der Waals surface area (Å²) in [6, 6.07) is 9.13. The van der Waals surface area contributed by atoms with Crippen LogP contribution in [0, 0.1) is 17.2 Å². The maximum atomic E-state index is 13.6. The summed E-state index contributed by atoms with van der Waals surface area (Å²) in [7, 11) is 0. The molecule has 1 aromatic carbocycles. The van der Waals surface area contributed by atoms with E-state index in [2.05, 4.69) is 21.2 Å². The van der Waals surface area contributed by atoms with Gasteiger partial charge >= 0.3 is 0 Å². The molecule has 3 rings (SSSR count). The van der Waals surface area contributed by atoms with Crippen LogP contribution in [0.1, 0.15) is 63.9 Å². The van der Waals surface area contributed by atoms with Gasteiger partial charge in [0.25, 0.3) is 5.92 Å². The topological polar surface area (TPSA) is 59.4 Å². The van der Waals surface area contributed by atoms with Gasteiger partial charge in [-0.15, -0.1) is 0 Å². The fraction of sp³-hybridized carbons (Fsp3) is 0.680. The molecule has 1 aliphatic heterocycles. The molecule has 2 fully saturated rings. The molecule has 1 amide bonds. The quantitative estimate of drug-likeness (QED) is 0.560. The van der Waals surface area contributed by atoms with E-state index < -0.39 is 5.92 Å². The lowest BCUT2D eigenvalue weighted by Crippen LogP contribution is -2.47. The average Bonchev–Trinajstić information content (AvgIpc) is 2.79. The molecule has 1 N–H and O–H groups in total. The summed E-state index contributed by atoms with van der Waals surface area (Å²) in [4.78, 5) is 16.6. The second-order valence-electron chi connectivity index (χ2n) is 9.35. The third-order valence-electron chi connectivity index (χ3n) is 6.85. The zero-order valence-electron chi connectivity index (χ0n) is 19.2. The highest BCUT2D eigenvalue weighted by Crippen LogP contribution is 2.30. The molecule has 1 saturated heterocycles. The number of hydrogen-bond donors (Lipinski definition) is 1. The van der Waals surface area contributed by atoms with E-state index in [0.717, 1.165) is 71.0 Å². The van der Waals surface area contributed by atoms with E-state index in [1.807, 2.05) is 6.07 Å². The van der Waals surface area contributed by atoms with Crippen molar-refractivity contribution in [2.24, 2.45) is 5.92 Å². The molecule has 0 aromatic heterocycles. The number of nitriles is 1. The summed E-state index contributed by atoms with van der Waals surface area (Å²) in [5.74, 6) is -2.02. The Morgan fingerprint density at radius 2 is 1.91 bits per heavy atom. The van der Waals surface area contributed by atoms with Crippen LogP contribution in [0.15, 0.2) is 24.3 Å². The number of anilines is 1. The fourth-order valence-electron chi connectivity index (χ4n) is 4.79. The predicted octanol–water partition coefficient (Wildman–Crippen LogP) is 4.68. The van der Waals surface area contributed by atoms with Crippen LogP contribution in [-0.4, -0.2) is 49.6 Å². The smallest absolute Gasteiger partial charge is 0.270 e. The van der Waals surface area contributed by atoms with Gasteiger partial charge < -0.3 is 10.2 Å². The molecule has 0 bridgehead atoms. The second kappa shape index (κ2) is 11.6. The number of unbranched alkanes of at least 4 members (excludes halogenated alkanes) is 1. The molecule has 1 saturated carbocycles. The number of amides is 1. The van der Waals surface area contributed by atoms with Crippen LogP contribution in [-0.2, 0) is 10.7 Å². The van der Waals surface area contributed by atoms with Crippen LogP contribution in [0.4, 0.5) is 14.5 Å². The molecule has 1 aliphatic carbocycles. The van der Waals surface area contributed by atoms with Crippen LogP contribution in [0.25, 0.3) is 0 Å². The van der Waals surface area contributed by atoms with Crippen LogP contribution in [0.2, 0.25) is 0 Å². The molecule has 0 atom stereocenters. The van der Waals surface area contributed by atoms with Gasteiger partial charge in [-0.05, 0) is 63.1 Å². The van der Waals surface area contributed by atoms with Crippen LogP contribution in [0.5, 0.6) is 0 Å². The first-order chi connectivity index (χ1) is 15.3. The first-order valence-corrected chi connectivity index (χ1v) is 12.0. The molecular weight excluding hydrogens is 410 g/mol. The highest BCUT2D eigenvalue weighted by molar-refractivity contribution is 5.76. The number of piperazine rings is 1. The van der Waals surface area contributed by atoms with Gasteiger partial charge in [0, 0.05) is 63.2 Å². The Morgan fingerprint density at radius 3 is 2.56 bits per heavy atom. The Morgan fingerprint density at radius 1 is 1.19 bits per heavy atom. The minimum Gasteiger partial charge on any atom is -0.369 e. The lowest BCUT2D eigenvalue weighted by molar-refractivity contribution is -0.122. The van der Waals surface area contributed by atoms with Crippen LogP contribution >= 0.6 is 0 Å².